The number of nitrogens with one attached hydrogen (secondary N) is 1. The molecular weight excluding hydrogens is 226 g/mol. The van der Waals surface area contributed by atoms with Gasteiger partial charge >= 0.3 is 0 Å². The third-order valence-corrected chi connectivity index (χ3v) is 3.75. The summed E-state index contributed by atoms with van der Waals surface area (Å²) >= 11 is 4.20. The Balaban J connectivity index is 2.11. The average molecular weight is 243 g/mol. The van der Waals surface area contributed by atoms with E-state index in [0.29, 0.717) is 0 Å². The highest BCUT2D eigenvalue weighted by Crippen LogP contribution is 2.29. The molecule has 0 amide bonds. The molecule has 88 valence electrons. The van der Waals surface area contributed by atoms with E-state index in [1.54, 1.807) is 5.56 Å². The number of benzene rings is 1. The van der Waals surface area contributed by atoms with Crippen molar-refractivity contribution in [1.29, 1.82) is 0 Å². The highest BCUT2D eigenvalue weighted by atomic mass is 32.1. The molecule has 1 nitrogen and oxygen atoms in total. The van der Waals surface area contributed by atoms with Gasteiger partial charge in [-0.1, -0.05) is 18.2 Å². The zero-order valence-electron chi connectivity index (χ0n) is 9.87. The monoisotopic (exact) mass is 243 g/mol. The van der Waals surface area contributed by atoms with Crippen LogP contribution in [0.15, 0.2) is 24.3 Å². The van der Waals surface area contributed by atoms with Gasteiger partial charge in [-0.05, 0) is 48.9 Å². The Hall–Kier alpha value is -1.15. The smallest absolute Gasteiger partial charge is 0.0459 e. The van der Waals surface area contributed by atoms with Gasteiger partial charge in [-0.25, -0.2) is 0 Å². The summed E-state index contributed by atoms with van der Waals surface area (Å²) in [5.41, 5.74) is 5.58. The van der Waals surface area contributed by atoms with Gasteiger partial charge in [-0.15, -0.1) is 0 Å². The number of thiol groups is 1. The van der Waals surface area contributed by atoms with Gasteiger partial charge in [-0.3, -0.25) is 0 Å². The molecule has 1 aliphatic carbocycles. The summed E-state index contributed by atoms with van der Waals surface area (Å²) in [6.07, 6.45) is 9.34. The topological polar surface area (TPSA) is 15.8 Å². The normalized spacial score (nSPS) is 15.6. The number of fused-ring (bicyclic) bond motifs is 3. The Morgan fingerprint density at radius 3 is 3.00 bits per heavy atom. The first kappa shape index (κ1) is 11.0. The number of rotatable bonds is 2. The fraction of sp³-hybridized carbons (Fsp3) is 0.333. The molecule has 1 aromatic heterocycles. The molecule has 17 heavy (non-hydrogen) atoms. The Labute approximate surface area is 107 Å². The van der Waals surface area contributed by atoms with Gasteiger partial charge in [0.25, 0.3) is 0 Å². The van der Waals surface area contributed by atoms with Crippen LogP contribution in [-0.4, -0.2) is 10.7 Å². The highest BCUT2D eigenvalue weighted by molar-refractivity contribution is 7.80. The minimum atomic E-state index is 0.795. The third-order valence-electron chi connectivity index (χ3n) is 3.54. The minimum Gasteiger partial charge on any atom is -0.358 e. The van der Waals surface area contributed by atoms with Crippen molar-refractivity contribution in [2.45, 2.75) is 25.7 Å². The lowest BCUT2D eigenvalue weighted by Crippen LogP contribution is -1.99. The number of H-pyrrole nitrogens is 1. The van der Waals surface area contributed by atoms with Gasteiger partial charge in [0.2, 0.25) is 0 Å². The van der Waals surface area contributed by atoms with E-state index in [0.717, 1.165) is 5.75 Å². The maximum absolute atomic E-state index is 4.20. The van der Waals surface area contributed by atoms with E-state index in [4.69, 9.17) is 0 Å². The van der Waals surface area contributed by atoms with Gasteiger partial charge in [0.15, 0.2) is 0 Å². The summed E-state index contributed by atoms with van der Waals surface area (Å²) in [5, 5.41) is 1.42. The predicted molar refractivity (Wildman–Crippen MR) is 77.8 cm³/mol. The molecule has 1 aromatic carbocycles. The van der Waals surface area contributed by atoms with E-state index in [9.17, 15) is 0 Å². The van der Waals surface area contributed by atoms with Crippen LogP contribution in [0.3, 0.4) is 0 Å². The van der Waals surface area contributed by atoms with Crippen molar-refractivity contribution < 1.29 is 0 Å². The zero-order valence-corrected chi connectivity index (χ0v) is 10.8. The first-order valence-electron chi connectivity index (χ1n) is 6.29. The van der Waals surface area contributed by atoms with Gasteiger partial charge in [0, 0.05) is 22.3 Å². The summed E-state index contributed by atoms with van der Waals surface area (Å²) in [6.45, 7) is 0. The lowest BCUT2D eigenvalue weighted by atomic mass is 9.95. The van der Waals surface area contributed by atoms with Crippen molar-refractivity contribution >= 4 is 29.6 Å². The van der Waals surface area contributed by atoms with E-state index in [1.165, 1.54) is 47.8 Å². The first-order valence-corrected chi connectivity index (χ1v) is 6.92. The number of aryl methyl sites for hydroxylation is 2. The van der Waals surface area contributed by atoms with E-state index in [2.05, 4.69) is 48.0 Å². The summed E-state index contributed by atoms with van der Waals surface area (Å²) in [4.78, 5) is 3.56. The maximum atomic E-state index is 4.20. The van der Waals surface area contributed by atoms with Gasteiger partial charge in [0.05, 0.1) is 0 Å². The van der Waals surface area contributed by atoms with Crippen LogP contribution in [0.5, 0.6) is 0 Å². The van der Waals surface area contributed by atoms with Gasteiger partial charge in [-0.2, -0.15) is 12.6 Å². The second kappa shape index (κ2) is 4.61. The van der Waals surface area contributed by atoms with Crippen molar-refractivity contribution in [1.82, 2.24) is 4.98 Å². The molecular formula is C15H17NS. The molecule has 2 aromatic rings. The Morgan fingerprint density at radius 2 is 2.12 bits per heavy atom. The Morgan fingerprint density at radius 1 is 1.24 bits per heavy atom. The molecule has 1 N–H and O–H groups in total. The van der Waals surface area contributed by atoms with Crippen LogP contribution in [-0.2, 0) is 12.8 Å². The van der Waals surface area contributed by atoms with Crippen LogP contribution in [0.1, 0.15) is 29.7 Å². The van der Waals surface area contributed by atoms with E-state index < -0.39 is 0 Å². The standard InChI is InChI=1S/C15H17NS/c17-9-3-4-11-7-8-15-13(10-11)12-5-1-2-6-14(12)16-15/h3-4,7-8,10,16-17H,1-2,5-6,9H2. The summed E-state index contributed by atoms with van der Waals surface area (Å²) in [7, 11) is 0. The molecule has 0 bridgehead atoms. The molecule has 0 saturated heterocycles. The molecule has 2 heteroatoms. The third kappa shape index (κ3) is 2.02. The van der Waals surface area contributed by atoms with Crippen LogP contribution in [0.2, 0.25) is 0 Å². The number of hydrogen-bond donors (Lipinski definition) is 2. The molecule has 1 heterocycles. The van der Waals surface area contributed by atoms with Crippen LogP contribution in [0, 0.1) is 0 Å². The molecule has 0 spiro atoms. The zero-order chi connectivity index (χ0) is 11.7. The van der Waals surface area contributed by atoms with Crippen LogP contribution >= 0.6 is 12.6 Å². The second-order valence-electron chi connectivity index (χ2n) is 4.68. The van der Waals surface area contributed by atoms with Gasteiger partial charge < -0.3 is 4.98 Å². The maximum Gasteiger partial charge on any atom is 0.0459 e. The fourth-order valence-corrected chi connectivity index (χ4v) is 2.82. The minimum absolute atomic E-state index is 0.795. The molecule has 0 fully saturated rings. The first-order chi connectivity index (χ1) is 8.38. The molecule has 0 unspecified atom stereocenters. The van der Waals surface area contributed by atoms with Crippen molar-refractivity contribution in [2.75, 3.05) is 5.75 Å². The number of hydrogen-bond acceptors (Lipinski definition) is 1. The molecule has 3 rings (SSSR count). The summed E-state index contributed by atoms with van der Waals surface area (Å²) in [5.74, 6) is 0.795. The summed E-state index contributed by atoms with van der Waals surface area (Å²) < 4.78 is 0. The SMILES string of the molecule is SCC=Cc1ccc2[nH]c3c(c2c1)CCCC3. The van der Waals surface area contributed by atoms with E-state index in [1.807, 2.05) is 0 Å². The van der Waals surface area contributed by atoms with Gasteiger partial charge in [0.1, 0.15) is 0 Å². The number of aromatic nitrogens is 1. The lowest BCUT2D eigenvalue weighted by Gasteiger charge is -2.10. The van der Waals surface area contributed by atoms with Crippen molar-refractivity contribution in [2.24, 2.45) is 0 Å². The van der Waals surface area contributed by atoms with E-state index >= 15 is 0 Å². The molecule has 0 radical (unpaired) electrons. The Bertz CT molecular complexity index is 566. The second-order valence-corrected chi connectivity index (χ2v) is 5.04. The lowest BCUT2D eigenvalue weighted by molar-refractivity contribution is 0.680. The molecule has 0 saturated carbocycles. The molecule has 0 atom stereocenters. The fourth-order valence-electron chi connectivity index (χ4n) is 2.72. The average Bonchev–Trinajstić information content (AvgIpc) is 2.74. The highest BCUT2D eigenvalue weighted by Gasteiger charge is 2.14. The van der Waals surface area contributed by atoms with Crippen molar-refractivity contribution in [3.8, 4) is 0 Å². The molecule has 0 aliphatic heterocycles. The Kier molecular flexibility index (Phi) is 2.98. The van der Waals surface area contributed by atoms with Crippen LogP contribution in [0.4, 0.5) is 0 Å². The van der Waals surface area contributed by atoms with Crippen LogP contribution in [0.25, 0.3) is 17.0 Å². The summed E-state index contributed by atoms with van der Waals surface area (Å²) in [6, 6.07) is 6.67. The quantitative estimate of drug-likeness (QED) is 0.742. The van der Waals surface area contributed by atoms with Crippen LogP contribution < -0.4 is 0 Å². The molecule has 1 aliphatic rings. The largest absolute Gasteiger partial charge is 0.358 e. The van der Waals surface area contributed by atoms with E-state index in [-0.39, 0.29) is 0 Å². The van der Waals surface area contributed by atoms with Crippen molar-refractivity contribution in [3.05, 3.63) is 41.1 Å². The predicted octanol–water partition coefficient (Wildman–Crippen LogP) is 3.99. The van der Waals surface area contributed by atoms with Crippen molar-refractivity contribution in [3.63, 3.8) is 0 Å². The number of aromatic amines is 1.